The van der Waals surface area contributed by atoms with Crippen LogP contribution in [0.2, 0.25) is 0 Å². The van der Waals surface area contributed by atoms with Gasteiger partial charge in [0.15, 0.2) is 5.16 Å². The van der Waals surface area contributed by atoms with E-state index in [0.29, 0.717) is 22.0 Å². The Balaban J connectivity index is 1.71. The number of fused-ring (bicyclic) bond motifs is 1. The Kier molecular flexibility index (Phi) is 5.72. The van der Waals surface area contributed by atoms with Crippen molar-refractivity contribution in [1.29, 1.82) is 0 Å². The number of nitrogens with zero attached hydrogens (tertiary/aromatic N) is 3. The fourth-order valence-electron chi connectivity index (χ4n) is 3.87. The number of benzene rings is 2. The molecule has 0 spiro atoms. The summed E-state index contributed by atoms with van der Waals surface area (Å²) in [6, 6.07) is 15.1. The van der Waals surface area contributed by atoms with E-state index in [-0.39, 0.29) is 17.2 Å². The number of amides is 1. The summed E-state index contributed by atoms with van der Waals surface area (Å²) in [5.74, 6) is 0.936. The largest absolute Gasteiger partial charge is 0.342 e. The first-order valence-corrected chi connectivity index (χ1v) is 11.0. The van der Waals surface area contributed by atoms with Crippen LogP contribution in [0.4, 0.5) is 0 Å². The Morgan fingerprint density at radius 2 is 1.93 bits per heavy atom. The first kappa shape index (κ1) is 19.7. The molecule has 0 saturated carbocycles. The van der Waals surface area contributed by atoms with Crippen molar-refractivity contribution in [2.24, 2.45) is 5.92 Å². The van der Waals surface area contributed by atoms with Gasteiger partial charge in [-0.2, -0.15) is 0 Å². The highest BCUT2D eigenvalue weighted by atomic mass is 32.2. The van der Waals surface area contributed by atoms with Crippen molar-refractivity contribution >= 4 is 28.6 Å². The van der Waals surface area contributed by atoms with Crippen molar-refractivity contribution in [2.45, 2.75) is 31.8 Å². The number of aromatic nitrogens is 2. The number of carbonyl (C=O) groups excluding carboxylic acids is 1. The number of hydrogen-bond donors (Lipinski definition) is 0. The fourth-order valence-corrected chi connectivity index (χ4v) is 4.78. The lowest BCUT2D eigenvalue weighted by atomic mass is 10.0. The number of hydrogen-bond acceptors (Lipinski definition) is 4. The van der Waals surface area contributed by atoms with E-state index in [1.807, 2.05) is 54.3 Å². The van der Waals surface area contributed by atoms with Gasteiger partial charge in [0.1, 0.15) is 0 Å². The second-order valence-electron chi connectivity index (χ2n) is 7.71. The highest BCUT2D eigenvalue weighted by Crippen LogP contribution is 2.24. The molecule has 1 fully saturated rings. The lowest BCUT2D eigenvalue weighted by Crippen LogP contribution is -2.40. The van der Waals surface area contributed by atoms with Gasteiger partial charge in [-0.1, -0.05) is 49.0 Å². The number of piperidine rings is 1. The van der Waals surface area contributed by atoms with Gasteiger partial charge >= 0.3 is 0 Å². The summed E-state index contributed by atoms with van der Waals surface area (Å²) >= 11 is 1.34. The number of para-hydroxylation sites is 2. The first-order valence-electron chi connectivity index (χ1n) is 10.0. The van der Waals surface area contributed by atoms with Gasteiger partial charge in [-0.3, -0.25) is 14.2 Å². The third-order valence-electron chi connectivity index (χ3n) is 5.44. The monoisotopic (exact) mass is 407 g/mol. The summed E-state index contributed by atoms with van der Waals surface area (Å²) in [5.41, 5.74) is 2.34. The molecule has 150 valence electrons. The minimum absolute atomic E-state index is 0.105. The molecule has 0 radical (unpaired) electrons. The molecule has 1 atom stereocenters. The molecule has 4 rings (SSSR count). The normalized spacial score (nSPS) is 16.9. The smallest absolute Gasteiger partial charge is 0.266 e. The molecule has 2 heterocycles. The van der Waals surface area contributed by atoms with E-state index in [1.54, 1.807) is 10.6 Å². The molecule has 0 aliphatic carbocycles. The van der Waals surface area contributed by atoms with Crippen molar-refractivity contribution in [2.75, 3.05) is 18.8 Å². The van der Waals surface area contributed by atoms with Crippen molar-refractivity contribution < 1.29 is 4.79 Å². The Morgan fingerprint density at radius 3 is 2.72 bits per heavy atom. The third-order valence-corrected chi connectivity index (χ3v) is 6.36. The molecule has 3 aromatic rings. The molecule has 29 heavy (non-hydrogen) atoms. The fraction of sp³-hybridized carbons (Fsp3) is 0.348. The molecule has 1 saturated heterocycles. The van der Waals surface area contributed by atoms with Gasteiger partial charge in [-0.05, 0) is 49.4 Å². The van der Waals surface area contributed by atoms with E-state index in [2.05, 4.69) is 6.92 Å². The lowest BCUT2D eigenvalue weighted by Gasteiger charge is -2.30. The van der Waals surface area contributed by atoms with Crippen LogP contribution in [0, 0.1) is 12.8 Å². The van der Waals surface area contributed by atoms with Crippen LogP contribution < -0.4 is 5.56 Å². The zero-order valence-electron chi connectivity index (χ0n) is 16.8. The van der Waals surface area contributed by atoms with Crippen LogP contribution in [0.25, 0.3) is 16.6 Å². The average molecular weight is 408 g/mol. The van der Waals surface area contributed by atoms with E-state index >= 15 is 0 Å². The highest BCUT2D eigenvalue weighted by molar-refractivity contribution is 7.99. The predicted octanol–water partition coefficient (Wildman–Crippen LogP) is 4.04. The minimum atomic E-state index is -0.105. The maximum absolute atomic E-state index is 13.3. The third kappa shape index (κ3) is 4.08. The molecule has 1 aliphatic heterocycles. The molecule has 6 heteroatoms. The summed E-state index contributed by atoms with van der Waals surface area (Å²) in [5, 5.41) is 1.14. The van der Waals surface area contributed by atoms with Crippen LogP contribution in [0.3, 0.4) is 0 Å². The van der Waals surface area contributed by atoms with Crippen LogP contribution in [0.1, 0.15) is 25.3 Å². The van der Waals surface area contributed by atoms with Gasteiger partial charge in [0.25, 0.3) is 5.56 Å². The Bertz CT molecular complexity index is 1110. The van der Waals surface area contributed by atoms with Gasteiger partial charge in [0.2, 0.25) is 5.91 Å². The van der Waals surface area contributed by atoms with Crippen LogP contribution >= 0.6 is 11.8 Å². The van der Waals surface area contributed by atoms with Crippen molar-refractivity contribution in [3.05, 3.63) is 64.4 Å². The van der Waals surface area contributed by atoms with Crippen LogP contribution in [-0.2, 0) is 4.79 Å². The molecular formula is C23H25N3O2S. The van der Waals surface area contributed by atoms with E-state index in [1.165, 1.54) is 18.2 Å². The molecule has 0 bridgehead atoms. The second kappa shape index (κ2) is 8.41. The standard InChI is InChI=1S/C23H25N3O2S/c1-16-8-7-13-25(14-16)21(27)15-29-23-24-19-11-5-4-10-18(19)22(28)26(23)20-12-6-3-9-17(20)2/h3-6,9-12,16H,7-8,13-15H2,1-2H3/t16-/m1/s1. The topological polar surface area (TPSA) is 55.2 Å². The Hall–Kier alpha value is -2.60. The van der Waals surface area contributed by atoms with Gasteiger partial charge < -0.3 is 4.90 Å². The summed E-state index contributed by atoms with van der Waals surface area (Å²) in [6.45, 7) is 5.80. The lowest BCUT2D eigenvalue weighted by molar-refractivity contribution is -0.130. The zero-order chi connectivity index (χ0) is 20.4. The number of rotatable bonds is 4. The summed E-state index contributed by atoms with van der Waals surface area (Å²) in [6.07, 6.45) is 2.23. The van der Waals surface area contributed by atoms with Crippen molar-refractivity contribution in [1.82, 2.24) is 14.5 Å². The van der Waals surface area contributed by atoms with E-state index in [0.717, 1.165) is 30.8 Å². The number of thioether (sulfide) groups is 1. The number of carbonyl (C=O) groups is 1. The average Bonchev–Trinajstić information content (AvgIpc) is 2.73. The van der Waals surface area contributed by atoms with E-state index in [9.17, 15) is 9.59 Å². The van der Waals surface area contributed by atoms with E-state index < -0.39 is 0 Å². The Labute approximate surface area is 174 Å². The Morgan fingerprint density at radius 1 is 1.17 bits per heavy atom. The van der Waals surface area contributed by atoms with Gasteiger partial charge in [-0.15, -0.1) is 0 Å². The van der Waals surface area contributed by atoms with Gasteiger partial charge in [-0.25, -0.2) is 4.98 Å². The highest BCUT2D eigenvalue weighted by Gasteiger charge is 2.22. The van der Waals surface area contributed by atoms with Crippen LogP contribution in [-0.4, -0.2) is 39.2 Å². The molecule has 0 unspecified atom stereocenters. The summed E-state index contributed by atoms with van der Waals surface area (Å²) < 4.78 is 1.65. The van der Waals surface area contributed by atoms with Gasteiger partial charge in [0, 0.05) is 13.1 Å². The first-order chi connectivity index (χ1) is 14.0. The van der Waals surface area contributed by atoms with Gasteiger partial charge in [0.05, 0.1) is 22.3 Å². The zero-order valence-corrected chi connectivity index (χ0v) is 17.6. The summed E-state index contributed by atoms with van der Waals surface area (Å²) in [4.78, 5) is 32.8. The van der Waals surface area contributed by atoms with Crippen LogP contribution in [0.15, 0.2) is 58.5 Å². The number of likely N-dealkylation sites (tertiary alicyclic amines) is 1. The SMILES string of the molecule is Cc1ccccc1-n1c(SCC(=O)N2CCC[C@@H](C)C2)nc2ccccc2c1=O. The quantitative estimate of drug-likeness (QED) is 0.484. The number of aryl methyl sites for hydroxylation is 1. The van der Waals surface area contributed by atoms with Crippen LogP contribution in [0.5, 0.6) is 0 Å². The summed E-state index contributed by atoms with van der Waals surface area (Å²) in [7, 11) is 0. The molecule has 2 aromatic carbocycles. The van der Waals surface area contributed by atoms with Crippen molar-refractivity contribution in [3.63, 3.8) is 0 Å². The minimum Gasteiger partial charge on any atom is -0.342 e. The van der Waals surface area contributed by atoms with Crippen molar-refractivity contribution in [3.8, 4) is 5.69 Å². The molecule has 1 aliphatic rings. The van der Waals surface area contributed by atoms with E-state index in [4.69, 9.17) is 4.98 Å². The molecular weight excluding hydrogens is 382 g/mol. The molecule has 5 nitrogen and oxygen atoms in total. The molecule has 0 N–H and O–H groups in total. The molecule has 1 aromatic heterocycles. The molecule has 1 amide bonds. The maximum atomic E-state index is 13.3. The predicted molar refractivity (Wildman–Crippen MR) is 118 cm³/mol. The maximum Gasteiger partial charge on any atom is 0.266 e. The second-order valence-corrected chi connectivity index (χ2v) is 8.66.